The van der Waals surface area contributed by atoms with Crippen LogP contribution in [0, 0.1) is 0 Å². The van der Waals surface area contributed by atoms with Gasteiger partial charge in [-0.3, -0.25) is 0 Å². The molecule has 0 saturated heterocycles. The number of ether oxygens (including phenoxy) is 2. The average molecular weight is 409 g/mol. The number of rotatable bonds is 12. The van der Waals surface area contributed by atoms with E-state index in [1.165, 1.54) is 23.5 Å². The molecule has 0 amide bonds. The first kappa shape index (κ1) is 25.3. The van der Waals surface area contributed by atoms with Crippen molar-refractivity contribution in [1.82, 2.24) is 0 Å². The summed E-state index contributed by atoms with van der Waals surface area (Å²) < 4.78 is 10.3. The molecule has 6 nitrogen and oxygen atoms in total. The lowest BCUT2D eigenvalue weighted by Crippen LogP contribution is -2.28. The molecule has 0 aromatic carbocycles. The molecule has 0 fully saturated rings. The van der Waals surface area contributed by atoms with E-state index in [1.807, 2.05) is 13.8 Å². The van der Waals surface area contributed by atoms with Crippen LogP contribution in [0.4, 0.5) is 0 Å². The maximum Gasteiger partial charge on any atom is 0.331 e. The molecule has 0 aliphatic carbocycles. The minimum Gasteiger partial charge on any atom is -0.459 e. The molecule has 4 atom stereocenters. The topological polar surface area (TPSA) is 93.1 Å². The Morgan fingerprint density at radius 2 is 1.19 bits per heavy atom. The molecule has 0 spiro atoms. The van der Waals surface area contributed by atoms with Gasteiger partial charge in [0.25, 0.3) is 0 Å². The lowest BCUT2D eigenvalue weighted by atomic mass is 10.2. The molecular weight excluding hydrogens is 376 g/mol. The lowest BCUT2D eigenvalue weighted by Gasteiger charge is -2.25. The third-order valence-electron chi connectivity index (χ3n) is 3.23. The minimum atomic E-state index is -0.972. The molecule has 152 valence electrons. The van der Waals surface area contributed by atoms with Crippen LogP contribution in [0.25, 0.3) is 0 Å². The van der Waals surface area contributed by atoms with Gasteiger partial charge in [0.15, 0.2) is 0 Å². The molecule has 0 aromatic heterocycles. The molecule has 2 N–H and O–H groups in total. The van der Waals surface area contributed by atoms with Crippen molar-refractivity contribution in [2.24, 2.45) is 0 Å². The highest BCUT2D eigenvalue weighted by molar-refractivity contribution is 8.00. The molecule has 0 radical (unpaired) electrons. The van der Waals surface area contributed by atoms with E-state index in [0.717, 1.165) is 23.7 Å². The number of esters is 2. The Kier molecular flexibility index (Phi) is 11.6. The molecular formula is C18H32O6S2. The van der Waals surface area contributed by atoms with Crippen molar-refractivity contribution in [3.05, 3.63) is 12.2 Å². The maximum absolute atomic E-state index is 11.8. The van der Waals surface area contributed by atoms with Crippen LogP contribution in [0.1, 0.15) is 54.4 Å². The predicted octanol–water partition coefficient (Wildman–Crippen LogP) is 3.11. The first-order chi connectivity index (χ1) is 11.9. The fourth-order valence-corrected chi connectivity index (χ4v) is 4.45. The Hall–Kier alpha value is -0.700. The molecule has 0 aromatic rings. The van der Waals surface area contributed by atoms with E-state index in [-0.39, 0.29) is 12.8 Å². The summed E-state index contributed by atoms with van der Waals surface area (Å²) in [5, 5.41) is 20.2. The summed E-state index contributed by atoms with van der Waals surface area (Å²) in [5.41, 5.74) is 0. The van der Waals surface area contributed by atoms with Gasteiger partial charge in [0.1, 0.15) is 22.1 Å². The molecule has 26 heavy (non-hydrogen) atoms. The maximum atomic E-state index is 11.8. The largest absolute Gasteiger partial charge is 0.459 e. The Bertz CT molecular complexity index is 434. The van der Waals surface area contributed by atoms with E-state index in [1.54, 1.807) is 27.7 Å². The van der Waals surface area contributed by atoms with Crippen molar-refractivity contribution in [3.8, 4) is 0 Å². The van der Waals surface area contributed by atoms with Crippen LogP contribution in [0.15, 0.2) is 12.2 Å². The quantitative estimate of drug-likeness (QED) is 0.289. The van der Waals surface area contributed by atoms with Crippen LogP contribution in [0.2, 0.25) is 0 Å². The fraction of sp³-hybridized carbons (Fsp3) is 0.778. The highest BCUT2D eigenvalue weighted by Crippen LogP contribution is 2.28. The van der Waals surface area contributed by atoms with Crippen LogP contribution in [0.3, 0.4) is 0 Å². The zero-order valence-electron chi connectivity index (χ0n) is 16.5. The van der Waals surface area contributed by atoms with Crippen molar-refractivity contribution in [1.29, 1.82) is 0 Å². The van der Waals surface area contributed by atoms with Gasteiger partial charge < -0.3 is 19.7 Å². The van der Waals surface area contributed by atoms with Crippen molar-refractivity contribution in [3.63, 3.8) is 0 Å². The molecule has 0 aliphatic heterocycles. The van der Waals surface area contributed by atoms with E-state index >= 15 is 0 Å². The summed E-state index contributed by atoms with van der Waals surface area (Å²) in [6, 6.07) is 0. The zero-order valence-corrected chi connectivity index (χ0v) is 18.1. The average Bonchev–Trinajstić information content (AvgIpc) is 2.43. The summed E-state index contributed by atoms with van der Waals surface area (Å²) in [6.45, 7) is 10.6. The second-order valence-corrected chi connectivity index (χ2v) is 9.94. The van der Waals surface area contributed by atoms with Crippen LogP contribution >= 0.6 is 23.5 Å². The molecule has 0 aliphatic rings. The number of carbonyl (C=O) groups excluding carboxylic acids is 2. The third kappa shape index (κ3) is 12.6. The van der Waals surface area contributed by atoms with Crippen molar-refractivity contribution in [2.75, 3.05) is 11.5 Å². The van der Waals surface area contributed by atoms with Gasteiger partial charge in [-0.15, -0.1) is 23.5 Å². The SMILES string of the molecule is CCSC(C)(O)CC(C)OC(=O)/C=C/C(=O)OC(C)CC(C)(O)SCC. The Labute approximate surface area is 165 Å². The Balaban J connectivity index is 4.36. The number of carbonyl (C=O) groups is 2. The number of thioether (sulfide) groups is 2. The summed E-state index contributed by atoms with van der Waals surface area (Å²) in [6.07, 6.45) is 1.61. The monoisotopic (exact) mass is 408 g/mol. The van der Waals surface area contributed by atoms with E-state index in [2.05, 4.69) is 0 Å². The zero-order chi connectivity index (χ0) is 20.4. The van der Waals surface area contributed by atoms with Gasteiger partial charge in [-0.1, -0.05) is 13.8 Å². The van der Waals surface area contributed by atoms with E-state index in [4.69, 9.17) is 9.47 Å². The number of aliphatic hydroxyl groups is 2. The third-order valence-corrected chi connectivity index (χ3v) is 5.39. The highest BCUT2D eigenvalue weighted by Gasteiger charge is 2.26. The first-order valence-electron chi connectivity index (χ1n) is 8.72. The van der Waals surface area contributed by atoms with Crippen LogP contribution in [-0.2, 0) is 19.1 Å². The van der Waals surface area contributed by atoms with Crippen LogP contribution in [0.5, 0.6) is 0 Å². The van der Waals surface area contributed by atoms with Crippen LogP contribution < -0.4 is 0 Å². The Morgan fingerprint density at radius 1 is 0.885 bits per heavy atom. The first-order valence-corrected chi connectivity index (χ1v) is 10.7. The smallest absolute Gasteiger partial charge is 0.331 e. The highest BCUT2D eigenvalue weighted by atomic mass is 32.2. The van der Waals surface area contributed by atoms with Gasteiger partial charge >= 0.3 is 11.9 Å². The fourth-order valence-electron chi connectivity index (χ4n) is 2.50. The van der Waals surface area contributed by atoms with Gasteiger partial charge in [-0.05, 0) is 39.2 Å². The summed E-state index contributed by atoms with van der Waals surface area (Å²) >= 11 is 2.74. The van der Waals surface area contributed by atoms with Gasteiger partial charge in [0, 0.05) is 25.0 Å². The molecule has 8 heteroatoms. The molecule has 0 heterocycles. The van der Waals surface area contributed by atoms with Gasteiger partial charge in [-0.25, -0.2) is 9.59 Å². The van der Waals surface area contributed by atoms with E-state index < -0.39 is 34.0 Å². The van der Waals surface area contributed by atoms with E-state index in [0.29, 0.717) is 0 Å². The van der Waals surface area contributed by atoms with Crippen molar-refractivity contribution < 1.29 is 29.3 Å². The molecule has 0 bridgehead atoms. The van der Waals surface area contributed by atoms with Crippen molar-refractivity contribution in [2.45, 2.75) is 76.5 Å². The predicted molar refractivity (Wildman–Crippen MR) is 107 cm³/mol. The van der Waals surface area contributed by atoms with Gasteiger partial charge in [0.2, 0.25) is 0 Å². The van der Waals surface area contributed by atoms with Crippen molar-refractivity contribution >= 4 is 35.5 Å². The van der Waals surface area contributed by atoms with E-state index in [9.17, 15) is 19.8 Å². The second-order valence-electron chi connectivity index (χ2n) is 6.45. The number of hydrogen-bond acceptors (Lipinski definition) is 8. The summed E-state index contributed by atoms with van der Waals surface area (Å²) in [7, 11) is 0. The molecule has 0 rings (SSSR count). The molecule has 4 unspecified atom stereocenters. The normalized spacial score (nSPS) is 18.6. The summed E-state index contributed by atoms with van der Waals surface area (Å²) in [5.74, 6) is 0.156. The van der Waals surface area contributed by atoms with Gasteiger partial charge in [0.05, 0.1) is 0 Å². The second kappa shape index (κ2) is 11.9. The standard InChI is InChI=1S/C18H32O6S2/c1-7-25-17(5,21)11-13(3)23-15(19)9-10-16(20)24-14(4)12-18(6,22)26-8-2/h9-10,13-14,21-22H,7-8,11-12H2,1-6H3/b10-9+. The van der Waals surface area contributed by atoms with Gasteiger partial charge in [-0.2, -0.15) is 0 Å². The Morgan fingerprint density at radius 3 is 1.46 bits per heavy atom. The molecule has 0 saturated carbocycles. The summed E-state index contributed by atoms with van der Waals surface area (Å²) in [4.78, 5) is 21.6. The number of hydrogen-bond donors (Lipinski definition) is 2. The van der Waals surface area contributed by atoms with Crippen LogP contribution in [-0.4, -0.2) is 55.7 Å². The minimum absolute atomic E-state index is 0.288. The lowest BCUT2D eigenvalue weighted by molar-refractivity contribution is -0.146.